The van der Waals surface area contributed by atoms with Crippen molar-refractivity contribution >= 4 is 14.0 Å². The van der Waals surface area contributed by atoms with Gasteiger partial charge in [0.2, 0.25) is 5.91 Å². The second-order valence-corrected chi connectivity index (χ2v) is 10.1. The first kappa shape index (κ1) is 13.6. The lowest BCUT2D eigenvalue weighted by molar-refractivity contribution is -0.314. The lowest BCUT2D eigenvalue weighted by Crippen LogP contribution is -2.40. The summed E-state index contributed by atoms with van der Waals surface area (Å²) in [5, 5.41) is 28.3. The molecule has 14 heavy (non-hydrogen) atoms. The number of hydrogen-bond donors (Lipinski definition) is 4. The van der Waals surface area contributed by atoms with Gasteiger partial charge in [-0.05, 0) is 0 Å². The monoisotopic (exact) mass is 221 g/mol. The quantitative estimate of drug-likeness (QED) is 0.368. The van der Waals surface area contributed by atoms with Crippen molar-refractivity contribution in [1.29, 1.82) is 0 Å². The molecule has 0 heterocycles. The summed E-state index contributed by atoms with van der Waals surface area (Å²) in [6, 6.07) is 0. The van der Waals surface area contributed by atoms with Crippen LogP contribution in [-0.4, -0.2) is 41.4 Å². The number of nitrogens with one attached hydrogen (secondary N) is 1. The molecule has 0 rings (SSSR count). The zero-order chi connectivity index (χ0) is 11.4. The molecule has 0 aliphatic carbocycles. The third-order valence-electron chi connectivity index (χ3n) is 1.50. The molecule has 5 nitrogen and oxygen atoms in total. The molecule has 0 aliphatic rings. The summed E-state index contributed by atoms with van der Waals surface area (Å²) in [5.41, 5.74) is 0. The van der Waals surface area contributed by atoms with Crippen molar-refractivity contribution in [2.75, 3.05) is 6.17 Å². The van der Waals surface area contributed by atoms with Gasteiger partial charge in [-0.2, -0.15) is 0 Å². The molecule has 0 spiro atoms. The van der Waals surface area contributed by atoms with E-state index in [1.165, 1.54) is 0 Å². The summed E-state index contributed by atoms with van der Waals surface area (Å²) >= 11 is 0. The van der Waals surface area contributed by atoms with Crippen molar-refractivity contribution in [3.8, 4) is 0 Å². The van der Waals surface area contributed by atoms with Crippen LogP contribution >= 0.6 is 0 Å². The van der Waals surface area contributed by atoms with Crippen LogP contribution in [0.4, 0.5) is 0 Å². The van der Waals surface area contributed by atoms with Gasteiger partial charge >= 0.3 is 0 Å². The Labute approximate surface area is 84.8 Å². The fourth-order valence-corrected chi connectivity index (χ4v) is 1.46. The predicted molar refractivity (Wildman–Crippen MR) is 55.0 cm³/mol. The van der Waals surface area contributed by atoms with Gasteiger partial charge in [0.25, 0.3) is 5.97 Å². The molecule has 0 aliphatic heterocycles. The summed E-state index contributed by atoms with van der Waals surface area (Å²) < 4.78 is 0. The van der Waals surface area contributed by atoms with Crippen LogP contribution in [-0.2, 0) is 4.79 Å². The van der Waals surface area contributed by atoms with Gasteiger partial charge in [-0.1, -0.05) is 19.6 Å². The summed E-state index contributed by atoms with van der Waals surface area (Å²) in [4.78, 5) is 11.1. The minimum absolute atomic E-state index is 0.0893. The van der Waals surface area contributed by atoms with Crippen molar-refractivity contribution in [3.05, 3.63) is 0 Å². The van der Waals surface area contributed by atoms with E-state index in [9.17, 15) is 4.79 Å². The third kappa shape index (κ3) is 9.65. The number of carbonyl (C=O) groups is 1. The van der Waals surface area contributed by atoms with E-state index in [0.29, 0.717) is 6.17 Å². The van der Waals surface area contributed by atoms with Gasteiger partial charge in [0.1, 0.15) is 0 Å². The molecule has 84 valence electrons. The Morgan fingerprint density at radius 2 is 1.79 bits per heavy atom. The lowest BCUT2D eigenvalue weighted by atomic mass is 10.2. The van der Waals surface area contributed by atoms with Crippen molar-refractivity contribution in [2.45, 2.75) is 38.5 Å². The van der Waals surface area contributed by atoms with Gasteiger partial charge in [-0.15, -0.1) is 0 Å². The molecule has 0 radical (unpaired) electrons. The minimum atomic E-state index is -2.74. The van der Waals surface area contributed by atoms with Gasteiger partial charge in [-0.3, -0.25) is 4.79 Å². The fraction of sp³-hybridized carbons (Fsp3) is 0.875. The van der Waals surface area contributed by atoms with E-state index >= 15 is 0 Å². The van der Waals surface area contributed by atoms with Crippen molar-refractivity contribution in [1.82, 2.24) is 5.32 Å². The van der Waals surface area contributed by atoms with Crippen LogP contribution in [0.2, 0.25) is 19.6 Å². The van der Waals surface area contributed by atoms with E-state index in [1.54, 1.807) is 0 Å². The molecule has 0 unspecified atom stereocenters. The highest BCUT2D eigenvalue weighted by Gasteiger charge is 2.20. The number of carbonyl (C=O) groups excluding carboxylic acids is 1. The van der Waals surface area contributed by atoms with Crippen molar-refractivity contribution < 1.29 is 20.1 Å². The summed E-state index contributed by atoms with van der Waals surface area (Å²) in [7, 11) is -1.31. The lowest BCUT2D eigenvalue weighted by Gasteiger charge is -2.17. The first-order valence-electron chi connectivity index (χ1n) is 4.54. The maximum atomic E-state index is 11.1. The average molecular weight is 221 g/mol. The van der Waals surface area contributed by atoms with E-state index in [4.69, 9.17) is 15.3 Å². The standard InChI is InChI=1S/C8H19NO4Si/c1-14(2,3)6-9-7(10)4-5-8(11,12)13/h11-13H,4-6H2,1-3H3,(H,9,10). The van der Waals surface area contributed by atoms with E-state index < -0.39 is 14.0 Å². The number of rotatable bonds is 5. The molecule has 0 aromatic rings. The van der Waals surface area contributed by atoms with Crippen molar-refractivity contribution in [3.63, 3.8) is 0 Å². The molecule has 4 N–H and O–H groups in total. The molecule has 0 saturated carbocycles. The first-order chi connectivity index (χ1) is 6.10. The fourth-order valence-electron chi connectivity index (χ4n) is 0.733. The third-order valence-corrected chi connectivity index (χ3v) is 2.74. The summed E-state index contributed by atoms with van der Waals surface area (Å²) in [5.74, 6) is -3.01. The highest BCUT2D eigenvalue weighted by atomic mass is 28.3. The predicted octanol–water partition coefficient (Wildman–Crippen LogP) is -0.609. The average Bonchev–Trinajstić information content (AvgIpc) is 1.94. The maximum Gasteiger partial charge on any atom is 0.275 e. The molecule has 0 fully saturated rings. The number of aliphatic hydroxyl groups is 3. The molecule has 1 amide bonds. The normalized spacial score (nSPS) is 12.7. The van der Waals surface area contributed by atoms with Gasteiger partial charge in [0, 0.05) is 19.0 Å². The van der Waals surface area contributed by atoms with Gasteiger partial charge in [0.05, 0.1) is 8.07 Å². The zero-order valence-corrected chi connectivity index (χ0v) is 9.87. The Hall–Kier alpha value is -0.433. The van der Waals surface area contributed by atoms with Crippen LogP contribution in [0.3, 0.4) is 0 Å². The molecule has 0 aromatic carbocycles. The Morgan fingerprint density at radius 1 is 1.29 bits per heavy atom. The van der Waals surface area contributed by atoms with E-state index in [1.807, 2.05) is 0 Å². The highest BCUT2D eigenvalue weighted by molar-refractivity contribution is 6.76. The zero-order valence-electron chi connectivity index (χ0n) is 8.87. The van der Waals surface area contributed by atoms with Crippen LogP contribution in [0, 0.1) is 0 Å². The molecule has 6 heteroatoms. The smallest absolute Gasteiger partial charge is 0.275 e. The van der Waals surface area contributed by atoms with E-state index in [0.717, 1.165) is 0 Å². The number of amides is 1. The Bertz CT molecular complexity index is 174. The van der Waals surface area contributed by atoms with Crippen LogP contribution in [0.25, 0.3) is 0 Å². The molecule has 0 bridgehead atoms. The summed E-state index contributed by atoms with van der Waals surface area (Å²) in [6.45, 7) is 6.34. The van der Waals surface area contributed by atoms with Crippen molar-refractivity contribution in [2.24, 2.45) is 0 Å². The molecule has 0 aromatic heterocycles. The Kier molecular flexibility index (Phi) is 4.73. The first-order valence-corrected chi connectivity index (χ1v) is 8.25. The highest BCUT2D eigenvalue weighted by Crippen LogP contribution is 2.04. The Balaban J connectivity index is 3.68. The molecule has 0 saturated heterocycles. The van der Waals surface area contributed by atoms with E-state index in [-0.39, 0.29) is 18.7 Å². The van der Waals surface area contributed by atoms with Gasteiger partial charge in [-0.25, -0.2) is 0 Å². The Morgan fingerprint density at radius 3 is 2.14 bits per heavy atom. The second-order valence-electron chi connectivity index (χ2n) is 4.61. The minimum Gasteiger partial charge on any atom is -0.359 e. The topological polar surface area (TPSA) is 89.8 Å². The van der Waals surface area contributed by atoms with Crippen LogP contribution in [0.1, 0.15) is 12.8 Å². The van der Waals surface area contributed by atoms with Crippen LogP contribution in [0.15, 0.2) is 0 Å². The van der Waals surface area contributed by atoms with Crippen LogP contribution in [0.5, 0.6) is 0 Å². The second kappa shape index (κ2) is 4.88. The van der Waals surface area contributed by atoms with E-state index in [2.05, 4.69) is 25.0 Å². The SMILES string of the molecule is C[Si](C)(C)CNC(=O)CCC(O)(O)O. The summed E-state index contributed by atoms with van der Waals surface area (Å²) in [6.07, 6.45) is 0.194. The molecular weight excluding hydrogens is 202 g/mol. The number of hydrogen-bond acceptors (Lipinski definition) is 4. The van der Waals surface area contributed by atoms with Gasteiger partial charge < -0.3 is 20.6 Å². The largest absolute Gasteiger partial charge is 0.359 e. The molecular formula is C8H19NO4Si. The van der Waals surface area contributed by atoms with Gasteiger partial charge in [0.15, 0.2) is 0 Å². The molecule has 0 atom stereocenters. The maximum absolute atomic E-state index is 11.1. The van der Waals surface area contributed by atoms with Crippen LogP contribution < -0.4 is 5.32 Å².